The predicted octanol–water partition coefficient (Wildman–Crippen LogP) is 3.21. The number of benzene rings is 2. The van der Waals surface area contributed by atoms with Gasteiger partial charge in [0.2, 0.25) is 0 Å². The van der Waals surface area contributed by atoms with E-state index in [0.717, 1.165) is 24.5 Å². The van der Waals surface area contributed by atoms with Gasteiger partial charge in [-0.1, -0.05) is 12.1 Å². The predicted molar refractivity (Wildman–Crippen MR) is 111 cm³/mol. The lowest BCUT2D eigenvalue weighted by Crippen LogP contribution is -2.48. The van der Waals surface area contributed by atoms with E-state index < -0.39 is 27.9 Å². The van der Waals surface area contributed by atoms with Gasteiger partial charge in [-0.05, 0) is 30.5 Å². The number of anilines is 2. The Bertz CT molecular complexity index is 1300. The fraction of sp³-hybridized carbons (Fsp3) is 0.286. The van der Waals surface area contributed by atoms with Crippen molar-refractivity contribution in [3.63, 3.8) is 0 Å². The second-order valence-corrected chi connectivity index (χ2v) is 9.36. The molecule has 0 saturated carbocycles. The van der Waals surface area contributed by atoms with Gasteiger partial charge in [0.25, 0.3) is 10.0 Å². The zero-order valence-electron chi connectivity index (χ0n) is 16.3. The van der Waals surface area contributed by atoms with Crippen LogP contribution >= 0.6 is 0 Å². The van der Waals surface area contributed by atoms with Gasteiger partial charge in [0.15, 0.2) is 5.76 Å². The first-order valence-corrected chi connectivity index (χ1v) is 11.4. The van der Waals surface area contributed by atoms with Crippen molar-refractivity contribution in [1.29, 1.82) is 0 Å². The van der Waals surface area contributed by atoms with Crippen molar-refractivity contribution < 1.29 is 26.4 Å². The van der Waals surface area contributed by atoms with Crippen molar-refractivity contribution in [2.45, 2.75) is 23.9 Å². The summed E-state index contributed by atoms with van der Waals surface area (Å²) in [5.74, 6) is -1.97. The lowest BCUT2D eigenvalue weighted by Gasteiger charge is -2.36. The molecule has 0 radical (unpaired) electrons. The summed E-state index contributed by atoms with van der Waals surface area (Å²) in [7, 11) is -4.18. The van der Waals surface area contributed by atoms with Crippen LogP contribution in [0.3, 0.4) is 0 Å². The van der Waals surface area contributed by atoms with Crippen LogP contribution in [-0.2, 0) is 16.4 Å². The Labute approximate surface area is 177 Å². The number of aryl methyl sites for hydroxylation is 1. The molecule has 2 aliphatic heterocycles. The molecule has 2 aromatic carbocycles. The molecule has 0 aliphatic carbocycles. The van der Waals surface area contributed by atoms with Crippen LogP contribution in [0.2, 0.25) is 0 Å². The summed E-state index contributed by atoms with van der Waals surface area (Å²) in [6.45, 7) is 0.957. The molecular formula is C21H19F2N3O4S. The molecule has 1 aromatic heterocycles. The second kappa shape index (κ2) is 7.23. The van der Waals surface area contributed by atoms with E-state index >= 15 is 0 Å². The third-order valence-corrected chi connectivity index (χ3v) is 6.92. The van der Waals surface area contributed by atoms with Crippen LogP contribution < -0.4 is 14.9 Å². The summed E-state index contributed by atoms with van der Waals surface area (Å²) in [6.07, 6.45) is 0.671. The summed E-state index contributed by atoms with van der Waals surface area (Å²) in [4.78, 5) is 14.2. The van der Waals surface area contributed by atoms with Crippen molar-refractivity contribution in [3.05, 3.63) is 53.5 Å². The maximum absolute atomic E-state index is 14.5. The minimum absolute atomic E-state index is 0.0267. The number of rotatable bonds is 4. The average Bonchev–Trinajstić information content (AvgIpc) is 3.16. The average molecular weight is 447 g/mol. The number of carbonyl (C=O) groups is 1. The van der Waals surface area contributed by atoms with Gasteiger partial charge in [-0.3, -0.25) is 4.79 Å². The van der Waals surface area contributed by atoms with Crippen LogP contribution in [0.4, 0.5) is 20.2 Å². The second-order valence-electron chi connectivity index (χ2n) is 7.71. The molecular weight excluding hydrogens is 428 g/mol. The number of nitrogens with one attached hydrogen (secondary N) is 2. The maximum Gasteiger partial charge on any atom is 0.300 e. The van der Waals surface area contributed by atoms with Crippen LogP contribution in [0.5, 0.6) is 0 Å². The topological polar surface area (TPSA) is 91.6 Å². The molecule has 3 heterocycles. The smallest absolute Gasteiger partial charge is 0.300 e. The van der Waals surface area contributed by atoms with E-state index in [0.29, 0.717) is 17.9 Å². The van der Waals surface area contributed by atoms with Gasteiger partial charge in [-0.15, -0.1) is 0 Å². The van der Waals surface area contributed by atoms with Crippen LogP contribution in [0.15, 0.2) is 45.7 Å². The van der Waals surface area contributed by atoms with Gasteiger partial charge >= 0.3 is 5.91 Å². The maximum atomic E-state index is 14.5. The quantitative estimate of drug-likeness (QED) is 0.638. The van der Waals surface area contributed by atoms with Crippen molar-refractivity contribution >= 4 is 38.3 Å². The molecule has 2 aliphatic rings. The van der Waals surface area contributed by atoms with Crippen molar-refractivity contribution in [3.8, 4) is 0 Å². The molecule has 1 fully saturated rings. The zero-order chi connectivity index (χ0) is 21.8. The molecule has 162 valence electrons. The van der Waals surface area contributed by atoms with E-state index in [4.69, 9.17) is 4.42 Å². The van der Waals surface area contributed by atoms with Crippen LogP contribution in [0.1, 0.15) is 22.5 Å². The number of amides is 1. The minimum Gasteiger partial charge on any atom is -0.451 e. The van der Waals surface area contributed by atoms with Gasteiger partial charge in [0.1, 0.15) is 22.5 Å². The number of nitrogens with zero attached hydrogens (tertiary/aromatic N) is 1. The summed E-state index contributed by atoms with van der Waals surface area (Å²) in [6, 6.07) is 8.79. The molecule has 5 rings (SSSR count). The molecule has 1 saturated heterocycles. The zero-order valence-corrected chi connectivity index (χ0v) is 17.1. The van der Waals surface area contributed by atoms with Crippen LogP contribution in [0, 0.1) is 5.82 Å². The molecule has 0 atom stereocenters. The number of hydrogen-bond donors (Lipinski definition) is 2. The fourth-order valence-corrected chi connectivity index (χ4v) is 5.13. The lowest BCUT2D eigenvalue weighted by molar-refractivity contribution is 0.0956. The SMILES string of the molecule is O=C(NS(=O)(=O)c1cccc2c1NCCC2)c1cc2c(F)cc(N3CC(F)C3)cc2o1. The monoisotopic (exact) mass is 447 g/mol. The standard InChI is InChI=1S/C21H19F2N3O4S/c22-13-10-26(11-13)14-7-16(23)15-9-18(30-17(15)8-14)21(27)25-31(28,29)19-5-1-3-12-4-2-6-24-20(12)19/h1,3,5,7-9,13,24H,2,4,6,10-11H2,(H,25,27). The number of sulfonamides is 1. The fourth-order valence-electron chi connectivity index (χ4n) is 3.94. The number of para-hydroxylation sites is 1. The van der Waals surface area contributed by atoms with Crippen molar-refractivity contribution in [1.82, 2.24) is 4.72 Å². The molecule has 0 spiro atoms. The van der Waals surface area contributed by atoms with E-state index in [1.54, 1.807) is 11.0 Å². The Morgan fingerprint density at radius 3 is 2.81 bits per heavy atom. The number of fused-ring (bicyclic) bond motifs is 2. The molecule has 2 N–H and O–H groups in total. The first-order chi connectivity index (χ1) is 14.8. The van der Waals surface area contributed by atoms with Gasteiger partial charge in [0, 0.05) is 24.4 Å². The summed E-state index contributed by atoms with van der Waals surface area (Å²) >= 11 is 0. The Balaban J connectivity index is 1.43. The highest BCUT2D eigenvalue weighted by atomic mass is 32.2. The molecule has 10 heteroatoms. The lowest BCUT2D eigenvalue weighted by atomic mass is 10.0. The van der Waals surface area contributed by atoms with E-state index in [1.807, 2.05) is 10.8 Å². The Morgan fingerprint density at radius 1 is 1.23 bits per heavy atom. The molecule has 1 amide bonds. The van der Waals surface area contributed by atoms with Gasteiger partial charge in [-0.2, -0.15) is 0 Å². The number of carbonyl (C=O) groups excluding carboxylic acids is 1. The van der Waals surface area contributed by atoms with Gasteiger partial charge in [0.05, 0.1) is 24.2 Å². The molecule has 7 nitrogen and oxygen atoms in total. The van der Waals surface area contributed by atoms with Gasteiger partial charge in [-0.25, -0.2) is 21.9 Å². The number of alkyl halides is 1. The Hall–Kier alpha value is -3.14. The molecule has 3 aromatic rings. The van der Waals surface area contributed by atoms with E-state index in [1.165, 1.54) is 18.2 Å². The van der Waals surface area contributed by atoms with Gasteiger partial charge < -0.3 is 14.6 Å². The van der Waals surface area contributed by atoms with Crippen molar-refractivity contribution in [2.75, 3.05) is 29.9 Å². The molecule has 31 heavy (non-hydrogen) atoms. The third kappa shape index (κ3) is 3.50. The summed E-state index contributed by atoms with van der Waals surface area (Å²) in [5.41, 5.74) is 1.87. The van der Waals surface area contributed by atoms with Crippen molar-refractivity contribution in [2.24, 2.45) is 0 Å². The Kier molecular flexibility index (Phi) is 4.62. The number of hydrogen-bond acceptors (Lipinski definition) is 6. The summed E-state index contributed by atoms with van der Waals surface area (Å²) in [5, 5.41) is 3.12. The van der Waals surface area contributed by atoms with E-state index in [2.05, 4.69) is 5.32 Å². The highest BCUT2D eigenvalue weighted by molar-refractivity contribution is 7.90. The first-order valence-electron chi connectivity index (χ1n) is 9.87. The van der Waals surface area contributed by atoms with Crippen LogP contribution in [0.25, 0.3) is 11.0 Å². The summed E-state index contributed by atoms with van der Waals surface area (Å²) < 4.78 is 60.8. The molecule has 0 bridgehead atoms. The highest BCUT2D eigenvalue weighted by Crippen LogP contribution is 2.32. The molecule has 0 unspecified atom stereocenters. The minimum atomic E-state index is -4.18. The largest absolute Gasteiger partial charge is 0.451 e. The first kappa shape index (κ1) is 19.8. The number of furan rings is 1. The van der Waals surface area contributed by atoms with E-state index in [-0.39, 0.29) is 34.7 Å². The Morgan fingerprint density at radius 2 is 2.03 bits per heavy atom. The highest BCUT2D eigenvalue weighted by Gasteiger charge is 2.29. The third-order valence-electron chi connectivity index (χ3n) is 5.55. The normalized spacial score (nSPS) is 16.5. The van der Waals surface area contributed by atoms with Crippen LogP contribution in [-0.4, -0.2) is 40.1 Å². The van der Waals surface area contributed by atoms with E-state index in [9.17, 15) is 22.0 Å². The number of halogens is 2.